The van der Waals surface area contributed by atoms with Gasteiger partial charge >= 0.3 is 0 Å². The van der Waals surface area contributed by atoms with Crippen molar-refractivity contribution in [2.24, 2.45) is 5.73 Å². The molecule has 0 saturated heterocycles. The van der Waals surface area contributed by atoms with Crippen molar-refractivity contribution in [1.82, 2.24) is 0 Å². The maximum Gasteiger partial charge on any atom is 0.142 e. The smallest absolute Gasteiger partial charge is 0.142 e. The quantitative estimate of drug-likeness (QED) is 0.865. The second kappa shape index (κ2) is 6.36. The topological polar surface area (TPSA) is 26.0 Å². The van der Waals surface area contributed by atoms with E-state index in [1.807, 2.05) is 6.07 Å². The highest BCUT2D eigenvalue weighted by Crippen LogP contribution is 2.16. The fourth-order valence-corrected chi connectivity index (χ4v) is 2.07. The summed E-state index contributed by atoms with van der Waals surface area (Å²) < 4.78 is 13.1. The van der Waals surface area contributed by atoms with E-state index in [1.54, 1.807) is 17.8 Å². The van der Waals surface area contributed by atoms with Crippen molar-refractivity contribution >= 4 is 23.4 Å². The standard InChI is InChI=1S/C11H15ClFNS/c1-2-15-7-9(14)5-8-3-4-10(12)11(13)6-8/h3-4,6,9H,2,5,7,14H2,1H3. The van der Waals surface area contributed by atoms with Gasteiger partial charge < -0.3 is 5.73 Å². The summed E-state index contributed by atoms with van der Waals surface area (Å²) in [5.74, 6) is 1.59. The lowest BCUT2D eigenvalue weighted by atomic mass is 10.1. The van der Waals surface area contributed by atoms with Gasteiger partial charge in [-0.25, -0.2) is 4.39 Å². The highest BCUT2D eigenvalue weighted by Gasteiger charge is 2.06. The molecule has 0 aliphatic rings. The fourth-order valence-electron chi connectivity index (χ4n) is 1.30. The van der Waals surface area contributed by atoms with E-state index in [4.69, 9.17) is 17.3 Å². The monoisotopic (exact) mass is 247 g/mol. The fraction of sp³-hybridized carbons (Fsp3) is 0.455. The van der Waals surface area contributed by atoms with Crippen LogP contribution in [0.3, 0.4) is 0 Å². The van der Waals surface area contributed by atoms with E-state index in [9.17, 15) is 4.39 Å². The van der Waals surface area contributed by atoms with Crippen molar-refractivity contribution in [2.45, 2.75) is 19.4 Å². The van der Waals surface area contributed by atoms with Crippen LogP contribution < -0.4 is 5.73 Å². The van der Waals surface area contributed by atoms with Crippen molar-refractivity contribution in [3.8, 4) is 0 Å². The van der Waals surface area contributed by atoms with E-state index in [0.717, 1.165) is 17.1 Å². The van der Waals surface area contributed by atoms with E-state index in [1.165, 1.54) is 6.07 Å². The van der Waals surface area contributed by atoms with Crippen LogP contribution in [-0.2, 0) is 6.42 Å². The summed E-state index contributed by atoms with van der Waals surface area (Å²) in [4.78, 5) is 0. The van der Waals surface area contributed by atoms with Gasteiger partial charge in [-0.2, -0.15) is 11.8 Å². The van der Waals surface area contributed by atoms with Gasteiger partial charge in [0.05, 0.1) is 5.02 Å². The molecule has 0 aliphatic carbocycles. The van der Waals surface area contributed by atoms with Gasteiger partial charge in [0.15, 0.2) is 0 Å². The van der Waals surface area contributed by atoms with Crippen LogP contribution in [0.1, 0.15) is 12.5 Å². The van der Waals surface area contributed by atoms with Crippen LogP contribution in [0.15, 0.2) is 18.2 Å². The minimum Gasteiger partial charge on any atom is -0.327 e. The molecule has 1 rings (SSSR count). The minimum absolute atomic E-state index is 0.0792. The third-order valence-electron chi connectivity index (χ3n) is 2.02. The number of rotatable bonds is 5. The molecule has 0 heterocycles. The summed E-state index contributed by atoms with van der Waals surface area (Å²) >= 11 is 7.39. The van der Waals surface area contributed by atoms with E-state index in [-0.39, 0.29) is 16.9 Å². The third kappa shape index (κ3) is 4.41. The van der Waals surface area contributed by atoms with Gasteiger partial charge in [0.2, 0.25) is 0 Å². The lowest BCUT2D eigenvalue weighted by molar-refractivity contribution is 0.623. The van der Waals surface area contributed by atoms with Crippen LogP contribution in [0, 0.1) is 5.82 Å². The van der Waals surface area contributed by atoms with Crippen LogP contribution in [0.5, 0.6) is 0 Å². The molecule has 0 bridgehead atoms. The number of hydrogen-bond acceptors (Lipinski definition) is 2. The molecule has 4 heteroatoms. The first-order valence-electron chi connectivity index (χ1n) is 4.90. The highest BCUT2D eigenvalue weighted by molar-refractivity contribution is 7.99. The average Bonchev–Trinajstić information content (AvgIpc) is 2.20. The molecule has 0 spiro atoms. The van der Waals surface area contributed by atoms with Crippen LogP contribution >= 0.6 is 23.4 Å². The van der Waals surface area contributed by atoms with Crippen molar-refractivity contribution in [1.29, 1.82) is 0 Å². The van der Waals surface area contributed by atoms with Crippen LogP contribution in [-0.4, -0.2) is 17.5 Å². The first-order chi connectivity index (χ1) is 7.13. The maximum atomic E-state index is 13.1. The van der Waals surface area contributed by atoms with Crippen LogP contribution in [0.25, 0.3) is 0 Å². The number of thioether (sulfide) groups is 1. The Bertz CT molecular complexity index is 319. The number of nitrogens with two attached hydrogens (primary N) is 1. The van der Waals surface area contributed by atoms with Gasteiger partial charge in [0.1, 0.15) is 5.82 Å². The molecule has 0 amide bonds. The van der Waals surface area contributed by atoms with Crippen molar-refractivity contribution < 1.29 is 4.39 Å². The summed E-state index contributed by atoms with van der Waals surface area (Å²) in [5, 5.41) is 0.162. The van der Waals surface area contributed by atoms with E-state index in [0.29, 0.717) is 6.42 Å². The molecule has 2 N–H and O–H groups in total. The Kier molecular flexibility index (Phi) is 5.43. The van der Waals surface area contributed by atoms with Gasteiger partial charge in [0.25, 0.3) is 0 Å². The summed E-state index contributed by atoms with van der Waals surface area (Å²) in [6.45, 7) is 2.10. The highest BCUT2D eigenvalue weighted by atomic mass is 35.5. The Hall–Kier alpha value is -0.250. The molecule has 84 valence electrons. The normalized spacial score (nSPS) is 12.8. The Balaban J connectivity index is 2.53. The SMILES string of the molecule is CCSCC(N)Cc1ccc(Cl)c(F)c1. The lowest BCUT2D eigenvalue weighted by Crippen LogP contribution is -2.25. The van der Waals surface area contributed by atoms with Gasteiger partial charge in [-0.3, -0.25) is 0 Å². The van der Waals surface area contributed by atoms with Crippen molar-refractivity contribution in [2.75, 3.05) is 11.5 Å². The summed E-state index contributed by atoms with van der Waals surface area (Å²) in [5.41, 5.74) is 6.81. The average molecular weight is 248 g/mol. The van der Waals surface area contributed by atoms with Crippen LogP contribution in [0.2, 0.25) is 5.02 Å². The molecule has 1 aromatic rings. The molecule has 1 nitrogen and oxygen atoms in total. The molecule has 1 unspecified atom stereocenters. The molecule has 0 fully saturated rings. The molecular weight excluding hydrogens is 233 g/mol. The predicted molar refractivity (Wildman–Crippen MR) is 66.1 cm³/mol. The zero-order valence-electron chi connectivity index (χ0n) is 8.67. The molecule has 0 saturated carbocycles. The first kappa shape index (κ1) is 12.8. The molecule has 15 heavy (non-hydrogen) atoms. The zero-order chi connectivity index (χ0) is 11.3. The van der Waals surface area contributed by atoms with Gasteiger partial charge in [-0.15, -0.1) is 0 Å². The van der Waals surface area contributed by atoms with Gasteiger partial charge in [-0.05, 0) is 29.9 Å². The van der Waals surface area contributed by atoms with Crippen LogP contribution in [0.4, 0.5) is 4.39 Å². The molecule has 1 aromatic carbocycles. The van der Waals surface area contributed by atoms with Gasteiger partial charge in [0, 0.05) is 11.8 Å². The molecule has 0 aliphatic heterocycles. The largest absolute Gasteiger partial charge is 0.327 e. The molecule has 0 aromatic heterocycles. The third-order valence-corrected chi connectivity index (χ3v) is 3.40. The number of benzene rings is 1. The second-order valence-corrected chi connectivity index (χ2v) is 5.10. The van der Waals surface area contributed by atoms with E-state index >= 15 is 0 Å². The Morgan fingerprint density at radius 3 is 2.87 bits per heavy atom. The van der Waals surface area contributed by atoms with Crippen molar-refractivity contribution in [3.05, 3.63) is 34.6 Å². The number of hydrogen-bond donors (Lipinski definition) is 1. The Morgan fingerprint density at radius 2 is 2.27 bits per heavy atom. The Morgan fingerprint density at radius 1 is 1.53 bits per heavy atom. The maximum absolute atomic E-state index is 13.1. The summed E-state index contributed by atoms with van der Waals surface area (Å²) in [6.07, 6.45) is 0.696. The van der Waals surface area contributed by atoms with Gasteiger partial charge in [-0.1, -0.05) is 24.6 Å². The minimum atomic E-state index is -0.371. The van der Waals surface area contributed by atoms with Crippen molar-refractivity contribution in [3.63, 3.8) is 0 Å². The second-order valence-electron chi connectivity index (χ2n) is 3.37. The molecular formula is C11H15ClFNS. The zero-order valence-corrected chi connectivity index (χ0v) is 10.2. The summed E-state index contributed by atoms with van der Waals surface area (Å²) in [6, 6.07) is 4.93. The molecule has 1 atom stereocenters. The summed E-state index contributed by atoms with van der Waals surface area (Å²) in [7, 11) is 0. The predicted octanol–water partition coefficient (Wildman–Crippen LogP) is 3.10. The first-order valence-corrected chi connectivity index (χ1v) is 6.44. The lowest BCUT2D eigenvalue weighted by Gasteiger charge is -2.10. The molecule has 0 radical (unpaired) electrons. The Labute approximate surface area is 99.2 Å². The number of halogens is 2. The van der Waals surface area contributed by atoms with E-state index in [2.05, 4.69) is 6.92 Å². The van der Waals surface area contributed by atoms with E-state index < -0.39 is 0 Å².